The minimum Gasteiger partial charge on any atom is -0.508 e. The lowest BCUT2D eigenvalue weighted by molar-refractivity contribution is -0.123. The molecule has 1 heterocycles. The molecule has 37 heavy (non-hydrogen) atoms. The zero-order chi connectivity index (χ0) is 25.9. The van der Waals surface area contributed by atoms with Gasteiger partial charge in [-0.1, -0.05) is 31.0 Å². The summed E-state index contributed by atoms with van der Waals surface area (Å²) in [6.07, 6.45) is 4.00. The number of nitrogens with zero attached hydrogens (tertiary/aromatic N) is 1. The fourth-order valence-corrected chi connectivity index (χ4v) is 5.21. The highest BCUT2D eigenvalue weighted by molar-refractivity contribution is 6.10. The third-order valence-electron chi connectivity index (χ3n) is 6.91. The molecular formula is C30H32N2O5. The number of hydrogen-bond donors (Lipinski definition) is 2. The smallest absolute Gasteiger partial charge is 0.259 e. The SMILES string of the molecule is Cc1cc(C)cc(N(C(=O)c2ccc3c(c2)OCCO3)C(C(=O)NC2CCCC2)c2ccc(O)cc2)c1. The number of carbonyl (C=O) groups excluding carboxylic acids is 2. The summed E-state index contributed by atoms with van der Waals surface area (Å²) in [5.41, 5.74) is 3.59. The van der Waals surface area contributed by atoms with E-state index in [-0.39, 0.29) is 23.6 Å². The van der Waals surface area contributed by atoms with Crippen LogP contribution in [0.4, 0.5) is 5.69 Å². The maximum atomic E-state index is 14.3. The van der Waals surface area contributed by atoms with Gasteiger partial charge in [-0.2, -0.15) is 0 Å². The molecule has 7 nitrogen and oxygen atoms in total. The molecule has 1 unspecified atom stereocenters. The lowest BCUT2D eigenvalue weighted by atomic mass is 9.99. The molecule has 1 atom stereocenters. The van der Waals surface area contributed by atoms with Gasteiger partial charge in [-0.15, -0.1) is 0 Å². The molecule has 0 radical (unpaired) electrons. The summed E-state index contributed by atoms with van der Waals surface area (Å²) < 4.78 is 11.4. The number of aromatic hydroxyl groups is 1. The fourth-order valence-electron chi connectivity index (χ4n) is 5.21. The predicted molar refractivity (Wildman–Crippen MR) is 141 cm³/mol. The van der Waals surface area contributed by atoms with Crippen LogP contribution in [0.2, 0.25) is 0 Å². The number of phenols is 1. The molecule has 1 saturated carbocycles. The van der Waals surface area contributed by atoms with Gasteiger partial charge in [0, 0.05) is 17.3 Å². The van der Waals surface area contributed by atoms with Crippen molar-refractivity contribution in [2.45, 2.75) is 51.6 Å². The van der Waals surface area contributed by atoms with Crippen molar-refractivity contribution in [1.29, 1.82) is 0 Å². The largest absolute Gasteiger partial charge is 0.508 e. The van der Waals surface area contributed by atoms with E-state index >= 15 is 0 Å². The molecule has 5 rings (SSSR count). The molecule has 2 N–H and O–H groups in total. The van der Waals surface area contributed by atoms with Crippen molar-refractivity contribution < 1.29 is 24.2 Å². The molecule has 0 saturated heterocycles. The zero-order valence-corrected chi connectivity index (χ0v) is 21.2. The predicted octanol–water partition coefficient (Wildman–Crippen LogP) is 5.23. The first-order chi connectivity index (χ1) is 17.9. The second-order valence-corrected chi connectivity index (χ2v) is 9.86. The van der Waals surface area contributed by atoms with Crippen molar-refractivity contribution in [2.75, 3.05) is 18.1 Å². The van der Waals surface area contributed by atoms with Crippen molar-refractivity contribution in [2.24, 2.45) is 0 Å². The number of ether oxygens (including phenoxy) is 2. The molecular weight excluding hydrogens is 468 g/mol. The summed E-state index contributed by atoms with van der Waals surface area (Å²) in [5.74, 6) is 0.614. The molecule has 3 aromatic carbocycles. The molecule has 0 aromatic heterocycles. The van der Waals surface area contributed by atoms with Crippen LogP contribution in [0, 0.1) is 13.8 Å². The standard InChI is InChI=1S/C30H32N2O5/c1-19-15-20(2)17-24(16-19)32(30(35)22-9-12-26-27(18-22)37-14-13-36-26)28(21-7-10-25(33)11-8-21)29(34)31-23-5-3-4-6-23/h7-12,15-18,23,28,33H,3-6,13-14H2,1-2H3,(H,31,34). The van der Waals surface area contributed by atoms with Crippen LogP contribution in [0.1, 0.15) is 58.8 Å². The average Bonchev–Trinajstić information content (AvgIpc) is 3.39. The van der Waals surface area contributed by atoms with E-state index in [4.69, 9.17) is 9.47 Å². The number of amides is 2. The first-order valence-electron chi connectivity index (χ1n) is 12.8. The Balaban J connectivity index is 1.62. The Labute approximate surface area is 217 Å². The van der Waals surface area contributed by atoms with Crippen LogP contribution in [0.25, 0.3) is 0 Å². The summed E-state index contributed by atoms with van der Waals surface area (Å²) in [6, 6.07) is 16.6. The van der Waals surface area contributed by atoms with E-state index < -0.39 is 6.04 Å². The number of rotatable bonds is 6. The Bertz CT molecular complexity index is 1280. The average molecular weight is 501 g/mol. The van der Waals surface area contributed by atoms with Crippen molar-refractivity contribution in [3.8, 4) is 17.2 Å². The Morgan fingerprint density at radius 1 is 0.892 bits per heavy atom. The molecule has 2 amide bonds. The Hall–Kier alpha value is -4.00. The van der Waals surface area contributed by atoms with Crippen LogP contribution >= 0.6 is 0 Å². The molecule has 1 aliphatic carbocycles. The molecule has 192 valence electrons. The van der Waals surface area contributed by atoms with Gasteiger partial charge in [0.1, 0.15) is 25.0 Å². The lowest BCUT2D eigenvalue weighted by Gasteiger charge is -2.33. The molecule has 1 fully saturated rings. The van der Waals surface area contributed by atoms with Gasteiger partial charge in [-0.3, -0.25) is 14.5 Å². The maximum Gasteiger partial charge on any atom is 0.259 e. The molecule has 7 heteroatoms. The van der Waals surface area contributed by atoms with Crippen molar-refractivity contribution in [3.63, 3.8) is 0 Å². The fraction of sp³-hybridized carbons (Fsp3) is 0.333. The second kappa shape index (κ2) is 10.5. The summed E-state index contributed by atoms with van der Waals surface area (Å²) in [6.45, 7) is 4.80. The van der Waals surface area contributed by atoms with Crippen molar-refractivity contribution >= 4 is 17.5 Å². The van der Waals surface area contributed by atoms with Crippen LogP contribution < -0.4 is 19.7 Å². The van der Waals surface area contributed by atoms with Gasteiger partial charge in [0.15, 0.2) is 11.5 Å². The van der Waals surface area contributed by atoms with Gasteiger partial charge < -0.3 is 19.9 Å². The van der Waals surface area contributed by atoms with Gasteiger partial charge in [0.25, 0.3) is 5.91 Å². The first kappa shape index (κ1) is 24.7. The van der Waals surface area contributed by atoms with Crippen molar-refractivity contribution in [3.05, 3.63) is 82.9 Å². The third-order valence-corrected chi connectivity index (χ3v) is 6.91. The second-order valence-electron chi connectivity index (χ2n) is 9.86. The van der Waals surface area contributed by atoms with E-state index in [1.54, 1.807) is 47.4 Å². The molecule has 0 spiro atoms. The highest BCUT2D eigenvalue weighted by atomic mass is 16.6. The van der Waals surface area contributed by atoms with E-state index in [1.165, 1.54) is 0 Å². The minimum absolute atomic E-state index is 0.0811. The number of fused-ring (bicyclic) bond motifs is 1. The van der Waals surface area contributed by atoms with Crippen LogP contribution in [0.3, 0.4) is 0 Å². The molecule has 2 aliphatic rings. The number of phenolic OH excluding ortho intramolecular Hbond substituents is 1. The summed E-state index contributed by atoms with van der Waals surface area (Å²) in [4.78, 5) is 29.8. The van der Waals surface area contributed by atoms with Gasteiger partial charge in [-0.25, -0.2) is 0 Å². The van der Waals surface area contributed by atoms with Crippen molar-refractivity contribution in [1.82, 2.24) is 5.32 Å². The highest BCUT2D eigenvalue weighted by Gasteiger charge is 2.35. The number of anilines is 1. The van der Waals surface area contributed by atoms with E-state index in [0.29, 0.717) is 41.5 Å². The maximum absolute atomic E-state index is 14.3. The van der Waals surface area contributed by atoms with Gasteiger partial charge >= 0.3 is 0 Å². The minimum atomic E-state index is -0.942. The summed E-state index contributed by atoms with van der Waals surface area (Å²) >= 11 is 0. The van der Waals surface area contributed by atoms with E-state index in [1.807, 2.05) is 32.0 Å². The Morgan fingerprint density at radius 2 is 1.54 bits per heavy atom. The third kappa shape index (κ3) is 5.40. The monoisotopic (exact) mass is 500 g/mol. The Kier molecular flexibility index (Phi) is 7.04. The number of hydrogen-bond acceptors (Lipinski definition) is 5. The van der Waals surface area contributed by atoms with E-state index in [9.17, 15) is 14.7 Å². The molecule has 3 aromatic rings. The van der Waals surface area contributed by atoms with Crippen LogP contribution in [-0.2, 0) is 4.79 Å². The van der Waals surface area contributed by atoms with E-state index in [0.717, 1.165) is 36.8 Å². The summed E-state index contributed by atoms with van der Waals surface area (Å²) in [7, 11) is 0. The van der Waals surface area contributed by atoms with Crippen LogP contribution in [-0.4, -0.2) is 36.2 Å². The number of benzene rings is 3. The highest BCUT2D eigenvalue weighted by Crippen LogP contribution is 2.35. The Morgan fingerprint density at radius 3 is 2.22 bits per heavy atom. The van der Waals surface area contributed by atoms with Crippen LogP contribution in [0.5, 0.6) is 17.2 Å². The van der Waals surface area contributed by atoms with Crippen LogP contribution in [0.15, 0.2) is 60.7 Å². The number of nitrogens with one attached hydrogen (secondary N) is 1. The first-order valence-corrected chi connectivity index (χ1v) is 12.8. The lowest BCUT2D eigenvalue weighted by Crippen LogP contribution is -2.46. The van der Waals surface area contributed by atoms with Gasteiger partial charge in [-0.05, 0) is 85.8 Å². The number of carbonyl (C=O) groups is 2. The quantitative estimate of drug-likeness (QED) is 0.484. The van der Waals surface area contributed by atoms with Gasteiger partial charge in [0.2, 0.25) is 5.91 Å². The topological polar surface area (TPSA) is 88.1 Å². The number of aryl methyl sites for hydroxylation is 2. The summed E-state index contributed by atoms with van der Waals surface area (Å²) in [5, 5.41) is 13.1. The van der Waals surface area contributed by atoms with E-state index in [2.05, 4.69) is 5.32 Å². The molecule has 0 bridgehead atoms. The zero-order valence-electron chi connectivity index (χ0n) is 21.2. The normalized spacial score (nSPS) is 15.7. The van der Waals surface area contributed by atoms with Gasteiger partial charge in [0.05, 0.1) is 0 Å². The molecule has 1 aliphatic heterocycles.